The Hall–Kier alpha value is -3.71. The highest BCUT2D eigenvalue weighted by Crippen LogP contribution is 2.35. The molecule has 3 aliphatic rings. The number of aromatic nitrogens is 3. The lowest BCUT2D eigenvalue weighted by molar-refractivity contribution is -0.128. The molecule has 5 heterocycles. The zero-order chi connectivity index (χ0) is 29.8. The normalized spacial score (nSPS) is 21.2. The first-order valence-electron chi connectivity index (χ1n) is 15.3. The molecule has 0 saturated carbocycles. The van der Waals surface area contributed by atoms with E-state index in [4.69, 9.17) is 19.7 Å². The average Bonchev–Trinajstić information content (AvgIpc) is 3.27. The summed E-state index contributed by atoms with van der Waals surface area (Å²) >= 11 is 0. The second-order valence-electron chi connectivity index (χ2n) is 12.1. The van der Waals surface area contributed by atoms with E-state index < -0.39 is 0 Å². The van der Waals surface area contributed by atoms with Crippen molar-refractivity contribution < 1.29 is 9.53 Å². The number of fused-ring (bicyclic) bond motifs is 1. The number of pyridine rings is 1. The molecule has 42 heavy (non-hydrogen) atoms. The third kappa shape index (κ3) is 6.21. The number of carbonyl (C=O) groups is 1. The minimum absolute atomic E-state index is 0.135. The zero-order valence-electron chi connectivity index (χ0n) is 25.6. The average molecular weight is 573 g/mol. The quantitative estimate of drug-likeness (QED) is 0.437. The molecule has 2 aromatic heterocycles. The van der Waals surface area contributed by atoms with Crippen LogP contribution in [0.15, 0.2) is 24.9 Å². The summed E-state index contributed by atoms with van der Waals surface area (Å²) in [5.74, 6) is 1.04. The van der Waals surface area contributed by atoms with E-state index in [1.54, 1.807) is 4.90 Å². The summed E-state index contributed by atoms with van der Waals surface area (Å²) in [6.07, 6.45) is 7.58. The van der Waals surface area contributed by atoms with Crippen LogP contribution < -0.4 is 14.5 Å². The van der Waals surface area contributed by atoms with Crippen molar-refractivity contribution in [1.82, 2.24) is 24.8 Å². The summed E-state index contributed by atoms with van der Waals surface area (Å²) < 4.78 is 6.32. The van der Waals surface area contributed by atoms with Crippen LogP contribution in [0.3, 0.4) is 0 Å². The largest absolute Gasteiger partial charge is 0.462 e. The molecule has 10 heteroatoms. The summed E-state index contributed by atoms with van der Waals surface area (Å²) in [6.45, 7) is 15.0. The van der Waals surface area contributed by atoms with E-state index in [0.29, 0.717) is 50.8 Å². The molecular weight excluding hydrogens is 528 g/mol. The number of nitriles is 1. The molecule has 0 unspecified atom stereocenters. The van der Waals surface area contributed by atoms with Crippen LogP contribution >= 0.6 is 0 Å². The molecule has 3 aliphatic heterocycles. The summed E-state index contributed by atoms with van der Waals surface area (Å²) in [7, 11) is 2.14. The second-order valence-corrected chi connectivity index (χ2v) is 12.1. The Morgan fingerprint density at radius 3 is 2.74 bits per heavy atom. The maximum atomic E-state index is 12.6. The second kappa shape index (κ2) is 13.1. The van der Waals surface area contributed by atoms with Crippen molar-refractivity contribution >= 4 is 17.4 Å². The van der Waals surface area contributed by atoms with Gasteiger partial charge in [0, 0.05) is 44.0 Å². The van der Waals surface area contributed by atoms with Gasteiger partial charge < -0.3 is 24.3 Å². The van der Waals surface area contributed by atoms with Crippen LogP contribution in [0, 0.1) is 18.3 Å². The molecule has 2 saturated heterocycles. The van der Waals surface area contributed by atoms with Crippen molar-refractivity contribution in [2.45, 2.75) is 77.4 Å². The number of ether oxygens (including phenoxy) is 1. The minimum atomic E-state index is -0.231. The standard InChI is InChI=1S/C32H44N8O2/c1-6-28(41)40-18-17-39(19-24(40)11-13-33)31-26-10-8-16-38(30-23(4)12-14-34-29(30)22(2)3)20-27(26)35-32(36-31)42-21-25-9-7-15-37(25)5/h6,12,14,22,24-25H,1,7-11,15-21H2,2-5H3/t24-,25-/m0/s1. The van der Waals surface area contributed by atoms with Crippen LogP contribution in [0.25, 0.3) is 0 Å². The fourth-order valence-corrected chi connectivity index (χ4v) is 6.61. The molecule has 5 rings (SSSR count). The van der Waals surface area contributed by atoms with Crippen molar-refractivity contribution in [1.29, 1.82) is 5.26 Å². The number of rotatable bonds is 8. The van der Waals surface area contributed by atoms with Gasteiger partial charge in [0.2, 0.25) is 5.91 Å². The van der Waals surface area contributed by atoms with Crippen LogP contribution in [0.5, 0.6) is 6.01 Å². The maximum absolute atomic E-state index is 12.6. The summed E-state index contributed by atoms with van der Waals surface area (Å²) in [6, 6.07) is 4.88. The topological polar surface area (TPSA) is 102 Å². The van der Waals surface area contributed by atoms with Gasteiger partial charge in [0.1, 0.15) is 12.4 Å². The van der Waals surface area contributed by atoms with Gasteiger partial charge in [0.05, 0.1) is 42.2 Å². The molecule has 0 N–H and O–H groups in total. The lowest BCUT2D eigenvalue weighted by atomic mass is 10.0. The van der Waals surface area contributed by atoms with Gasteiger partial charge in [0.25, 0.3) is 0 Å². The molecule has 224 valence electrons. The fourth-order valence-electron chi connectivity index (χ4n) is 6.61. The first-order chi connectivity index (χ1) is 20.3. The zero-order valence-corrected chi connectivity index (χ0v) is 25.6. The predicted octanol–water partition coefficient (Wildman–Crippen LogP) is 3.85. The molecule has 1 amide bonds. The van der Waals surface area contributed by atoms with E-state index >= 15 is 0 Å². The first kappa shape index (κ1) is 29.8. The first-order valence-corrected chi connectivity index (χ1v) is 15.3. The molecule has 2 aromatic rings. The van der Waals surface area contributed by atoms with Gasteiger partial charge in [-0.1, -0.05) is 20.4 Å². The number of hydrogen-bond acceptors (Lipinski definition) is 9. The minimum Gasteiger partial charge on any atom is -0.462 e. The van der Waals surface area contributed by atoms with Crippen LogP contribution in [-0.4, -0.2) is 89.1 Å². The number of amides is 1. The van der Waals surface area contributed by atoms with Crippen molar-refractivity contribution in [3.05, 3.63) is 47.4 Å². The molecule has 2 atom stereocenters. The van der Waals surface area contributed by atoms with Crippen LogP contribution in [0.1, 0.15) is 68.0 Å². The number of likely N-dealkylation sites (tertiary alicyclic amines) is 1. The van der Waals surface area contributed by atoms with Gasteiger partial charge in [0.15, 0.2) is 0 Å². The molecule has 10 nitrogen and oxygen atoms in total. The molecule has 2 fully saturated rings. The molecule has 0 bridgehead atoms. The monoisotopic (exact) mass is 572 g/mol. The number of nitrogens with zero attached hydrogens (tertiary/aromatic N) is 8. The molecule has 0 aromatic carbocycles. The molecule has 0 spiro atoms. The van der Waals surface area contributed by atoms with E-state index in [1.807, 2.05) is 6.20 Å². The number of aryl methyl sites for hydroxylation is 1. The predicted molar refractivity (Wildman–Crippen MR) is 164 cm³/mol. The lowest BCUT2D eigenvalue weighted by Gasteiger charge is -2.41. The van der Waals surface area contributed by atoms with Crippen LogP contribution in [0.4, 0.5) is 11.5 Å². The van der Waals surface area contributed by atoms with E-state index in [9.17, 15) is 10.1 Å². The van der Waals surface area contributed by atoms with Crippen LogP contribution in [-0.2, 0) is 17.8 Å². The Bertz CT molecular complexity index is 1340. The van der Waals surface area contributed by atoms with Gasteiger partial charge in [-0.25, -0.2) is 0 Å². The van der Waals surface area contributed by atoms with Gasteiger partial charge in [-0.05, 0) is 69.8 Å². The number of hydrogen-bond donors (Lipinski definition) is 0. The fraction of sp³-hybridized carbons (Fsp3) is 0.594. The van der Waals surface area contributed by atoms with Gasteiger partial charge in [-0.3, -0.25) is 9.78 Å². The van der Waals surface area contributed by atoms with E-state index in [0.717, 1.165) is 55.1 Å². The lowest BCUT2D eigenvalue weighted by Crippen LogP contribution is -2.55. The Kier molecular flexibility index (Phi) is 9.27. The van der Waals surface area contributed by atoms with Crippen molar-refractivity contribution in [2.24, 2.45) is 0 Å². The Morgan fingerprint density at radius 2 is 2.02 bits per heavy atom. The summed E-state index contributed by atoms with van der Waals surface area (Å²) in [5.41, 5.74) is 5.63. The third-order valence-electron chi connectivity index (χ3n) is 8.91. The Morgan fingerprint density at radius 1 is 1.19 bits per heavy atom. The number of anilines is 2. The van der Waals surface area contributed by atoms with Crippen molar-refractivity contribution in [3.63, 3.8) is 0 Å². The van der Waals surface area contributed by atoms with E-state index in [-0.39, 0.29) is 18.4 Å². The maximum Gasteiger partial charge on any atom is 0.318 e. The van der Waals surface area contributed by atoms with E-state index in [2.05, 4.69) is 61.2 Å². The molecular formula is C32H44N8O2. The highest BCUT2D eigenvalue weighted by atomic mass is 16.5. The number of piperazine rings is 1. The summed E-state index contributed by atoms with van der Waals surface area (Å²) in [5, 5.41) is 9.54. The molecule has 0 aliphatic carbocycles. The third-order valence-corrected chi connectivity index (χ3v) is 8.91. The smallest absolute Gasteiger partial charge is 0.318 e. The number of carbonyl (C=O) groups excluding carboxylic acids is 1. The number of likely N-dealkylation sites (N-methyl/N-ethyl adjacent to an activating group) is 1. The van der Waals surface area contributed by atoms with Crippen LogP contribution in [0.2, 0.25) is 0 Å². The SMILES string of the molecule is C=CC(=O)N1CCN(c2nc(OC[C@@H]3CCCN3C)nc3c2CCCN(c2c(C)ccnc2C(C)C)C3)C[C@@H]1CC#N. The Balaban J connectivity index is 1.51. The highest BCUT2D eigenvalue weighted by molar-refractivity contribution is 5.87. The van der Waals surface area contributed by atoms with Gasteiger partial charge in [-0.2, -0.15) is 15.2 Å². The van der Waals surface area contributed by atoms with Crippen molar-refractivity contribution in [3.8, 4) is 12.1 Å². The van der Waals surface area contributed by atoms with E-state index in [1.165, 1.54) is 23.7 Å². The van der Waals surface area contributed by atoms with Gasteiger partial charge in [-0.15, -0.1) is 0 Å². The summed E-state index contributed by atoms with van der Waals surface area (Å²) in [4.78, 5) is 36.1. The van der Waals surface area contributed by atoms with Crippen molar-refractivity contribution in [2.75, 3.05) is 56.2 Å². The highest BCUT2D eigenvalue weighted by Gasteiger charge is 2.33. The van der Waals surface area contributed by atoms with Gasteiger partial charge >= 0.3 is 6.01 Å². The Labute approximate surface area is 250 Å². The molecule has 0 radical (unpaired) electrons.